The molecule has 0 fully saturated rings. The van der Waals surface area contributed by atoms with Crippen molar-refractivity contribution in [2.75, 3.05) is 6.61 Å². The van der Waals surface area contributed by atoms with Crippen LogP contribution in [0.15, 0.2) is 12.2 Å². The molecule has 4 nitrogen and oxygen atoms in total. The molecule has 0 bridgehead atoms. The molecule has 0 aromatic rings. The number of hydrogen-bond donors (Lipinski definition) is 1. The Balaban J connectivity index is 4.72. The summed E-state index contributed by atoms with van der Waals surface area (Å²) in [6, 6.07) is 0. The molecule has 0 heterocycles. The highest BCUT2D eigenvalue weighted by Gasteiger charge is 2.73. The maximum Gasteiger partial charge on any atom is 0.460 e. The minimum absolute atomic E-state index is 0.0736. The molecule has 110 valence electrons. The third-order valence-corrected chi connectivity index (χ3v) is 1.57. The SMILES string of the molecule is O=C(O)C=CC(=O)OCC(F)(F)C(F)(F)C(F)(F)F. The third-order valence-electron chi connectivity index (χ3n) is 1.57. The molecule has 0 aromatic carbocycles. The molecule has 0 aliphatic rings. The van der Waals surface area contributed by atoms with E-state index in [2.05, 4.69) is 4.74 Å². The van der Waals surface area contributed by atoms with Crippen LogP contribution in [0.3, 0.4) is 0 Å². The molecule has 1 N–H and O–H groups in total. The van der Waals surface area contributed by atoms with Crippen LogP contribution in [-0.2, 0) is 14.3 Å². The van der Waals surface area contributed by atoms with Gasteiger partial charge in [0.2, 0.25) is 0 Å². The summed E-state index contributed by atoms with van der Waals surface area (Å²) in [5, 5.41) is 8.01. The number of hydrogen-bond acceptors (Lipinski definition) is 3. The number of halogens is 7. The summed E-state index contributed by atoms with van der Waals surface area (Å²) in [5.74, 6) is -15.6. The molecule has 19 heavy (non-hydrogen) atoms. The second-order valence-corrected chi connectivity index (χ2v) is 3.06. The molecule has 0 spiro atoms. The lowest BCUT2D eigenvalue weighted by molar-refractivity contribution is -0.359. The largest absolute Gasteiger partial charge is 0.478 e. The van der Waals surface area contributed by atoms with Crippen LogP contribution in [0.1, 0.15) is 0 Å². The second-order valence-electron chi connectivity index (χ2n) is 3.06. The minimum Gasteiger partial charge on any atom is -0.478 e. The zero-order valence-corrected chi connectivity index (χ0v) is 8.68. The Kier molecular flexibility index (Phi) is 4.93. The number of ether oxygens (including phenoxy) is 1. The van der Waals surface area contributed by atoms with E-state index in [4.69, 9.17) is 5.11 Å². The number of esters is 1. The van der Waals surface area contributed by atoms with E-state index in [0.29, 0.717) is 0 Å². The number of carboxylic acids is 1. The first-order valence-corrected chi connectivity index (χ1v) is 4.21. The van der Waals surface area contributed by atoms with Gasteiger partial charge in [-0.1, -0.05) is 0 Å². The first-order chi connectivity index (χ1) is 8.31. The van der Waals surface area contributed by atoms with Gasteiger partial charge in [-0.15, -0.1) is 0 Å². The van der Waals surface area contributed by atoms with E-state index in [9.17, 15) is 40.3 Å². The summed E-state index contributed by atoms with van der Waals surface area (Å²) in [6.07, 6.45) is -6.33. The van der Waals surface area contributed by atoms with Gasteiger partial charge in [0.05, 0.1) is 0 Å². The predicted molar refractivity (Wildman–Crippen MR) is 43.7 cm³/mol. The number of carbonyl (C=O) groups excluding carboxylic acids is 1. The number of alkyl halides is 7. The fourth-order valence-corrected chi connectivity index (χ4v) is 0.647. The van der Waals surface area contributed by atoms with Crippen LogP contribution >= 0.6 is 0 Å². The van der Waals surface area contributed by atoms with Crippen molar-refractivity contribution in [2.24, 2.45) is 0 Å². The molecule has 0 unspecified atom stereocenters. The van der Waals surface area contributed by atoms with Gasteiger partial charge in [0, 0.05) is 12.2 Å². The van der Waals surface area contributed by atoms with Crippen molar-refractivity contribution in [3.63, 3.8) is 0 Å². The minimum atomic E-state index is -6.53. The standard InChI is InChI=1S/C8H5F7O4/c9-6(10,7(11,12)8(13,14)15)3-19-5(18)2-1-4(16)17/h1-2H,3H2,(H,16,17). The van der Waals surface area contributed by atoms with E-state index in [1.54, 1.807) is 0 Å². The van der Waals surface area contributed by atoms with Gasteiger partial charge >= 0.3 is 30.0 Å². The number of aliphatic carboxylic acids is 1. The van der Waals surface area contributed by atoms with E-state index >= 15 is 0 Å². The van der Waals surface area contributed by atoms with Crippen molar-refractivity contribution in [1.29, 1.82) is 0 Å². The molecule has 0 amide bonds. The van der Waals surface area contributed by atoms with Crippen LogP contribution < -0.4 is 0 Å². The molecule has 0 aliphatic heterocycles. The Morgan fingerprint density at radius 1 is 1.00 bits per heavy atom. The molecule has 0 atom stereocenters. The number of carbonyl (C=O) groups is 2. The highest BCUT2D eigenvalue weighted by atomic mass is 19.4. The number of rotatable bonds is 5. The molecule has 0 aliphatic carbocycles. The lowest BCUT2D eigenvalue weighted by Crippen LogP contribution is -2.54. The van der Waals surface area contributed by atoms with Crippen molar-refractivity contribution >= 4 is 11.9 Å². The van der Waals surface area contributed by atoms with Gasteiger partial charge in [0.1, 0.15) is 0 Å². The predicted octanol–water partition coefficient (Wildman–Crippen LogP) is 2.00. The van der Waals surface area contributed by atoms with E-state index in [1.165, 1.54) is 0 Å². The average molecular weight is 298 g/mol. The Morgan fingerprint density at radius 2 is 1.47 bits per heavy atom. The Morgan fingerprint density at radius 3 is 1.84 bits per heavy atom. The summed E-state index contributed by atoms with van der Waals surface area (Å²) >= 11 is 0. The van der Waals surface area contributed by atoms with Crippen LogP contribution in [-0.4, -0.2) is 41.7 Å². The molecule has 0 aromatic heterocycles. The van der Waals surface area contributed by atoms with Crippen LogP contribution in [0, 0.1) is 0 Å². The molecule has 0 radical (unpaired) electrons. The summed E-state index contributed by atoms with van der Waals surface area (Å²) in [7, 11) is 0. The summed E-state index contributed by atoms with van der Waals surface area (Å²) < 4.78 is 88.1. The molecular formula is C8H5F7O4. The van der Waals surface area contributed by atoms with Gasteiger partial charge in [-0.2, -0.15) is 30.7 Å². The molecule has 11 heteroatoms. The fourth-order valence-electron chi connectivity index (χ4n) is 0.647. The van der Waals surface area contributed by atoms with Gasteiger partial charge in [-0.25, -0.2) is 9.59 Å². The smallest absolute Gasteiger partial charge is 0.460 e. The summed E-state index contributed by atoms with van der Waals surface area (Å²) in [6.45, 7) is -2.55. The van der Waals surface area contributed by atoms with E-state index in [1.807, 2.05) is 0 Å². The zero-order valence-electron chi connectivity index (χ0n) is 8.68. The van der Waals surface area contributed by atoms with Gasteiger partial charge in [-0.05, 0) is 0 Å². The Bertz CT molecular complexity index is 385. The fraction of sp³-hybridized carbons (Fsp3) is 0.500. The van der Waals surface area contributed by atoms with Gasteiger partial charge in [0.25, 0.3) is 0 Å². The van der Waals surface area contributed by atoms with Crippen molar-refractivity contribution in [1.82, 2.24) is 0 Å². The van der Waals surface area contributed by atoms with E-state index in [0.717, 1.165) is 0 Å². The maximum absolute atomic E-state index is 12.6. The van der Waals surface area contributed by atoms with Gasteiger partial charge in [0.15, 0.2) is 6.61 Å². The van der Waals surface area contributed by atoms with Crippen LogP contribution in [0.2, 0.25) is 0 Å². The molecule has 0 saturated heterocycles. The molecule has 0 saturated carbocycles. The Labute approximate surface area is 100.0 Å². The highest BCUT2D eigenvalue weighted by molar-refractivity contribution is 5.90. The zero-order chi connectivity index (χ0) is 15.5. The highest BCUT2D eigenvalue weighted by Crippen LogP contribution is 2.46. The lowest BCUT2D eigenvalue weighted by atomic mass is 10.2. The van der Waals surface area contributed by atoms with Gasteiger partial charge < -0.3 is 9.84 Å². The average Bonchev–Trinajstić information content (AvgIpc) is 2.21. The van der Waals surface area contributed by atoms with Crippen molar-refractivity contribution in [2.45, 2.75) is 18.0 Å². The monoisotopic (exact) mass is 298 g/mol. The summed E-state index contributed by atoms with van der Waals surface area (Å²) in [4.78, 5) is 20.4. The Hall–Kier alpha value is -1.81. The first kappa shape index (κ1) is 17.2. The van der Waals surface area contributed by atoms with E-state index < -0.39 is 36.6 Å². The topological polar surface area (TPSA) is 63.6 Å². The van der Waals surface area contributed by atoms with Crippen LogP contribution in [0.4, 0.5) is 30.7 Å². The van der Waals surface area contributed by atoms with Crippen molar-refractivity contribution in [3.8, 4) is 0 Å². The van der Waals surface area contributed by atoms with Crippen molar-refractivity contribution < 1.29 is 50.2 Å². The first-order valence-electron chi connectivity index (χ1n) is 4.21. The number of carboxylic acid groups (broad SMARTS) is 1. The van der Waals surface area contributed by atoms with Crippen molar-refractivity contribution in [3.05, 3.63) is 12.2 Å². The van der Waals surface area contributed by atoms with E-state index in [-0.39, 0.29) is 12.2 Å². The van der Waals surface area contributed by atoms with Gasteiger partial charge in [-0.3, -0.25) is 0 Å². The molecular weight excluding hydrogens is 293 g/mol. The normalized spacial score (nSPS) is 13.6. The quantitative estimate of drug-likeness (QED) is 0.479. The molecule has 0 rings (SSSR count). The van der Waals surface area contributed by atoms with Crippen LogP contribution in [0.25, 0.3) is 0 Å². The third kappa shape index (κ3) is 4.41. The lowest BCUT2D eigenvalue weighted by Gasteiger charge is -2.27. The van der Waals surface area contributed by atoms with Crippen LogP contribution in [0.5, 0.6) is 0 Å². The maximum atomic E-state index is 12.6. The summed E-state index contributed by atoms with van der Waals surface area (Å²) in [5.41, 5.74) is 0. The second kappa shape index (κ2) is 5.45.